The lowest BCUT2D eigenvalue weighted by Crippen LogP contribution is -2.57. The molecule has 1 N–H and O–H groups in total. The van der Waals surface area contributed by atoms with Crippen LogP contribution in [0.4, 0.5) is 5.82 Å². The van der Waals surface area contributed by atoms with Crippen molar-refractivity contribution in [1.29, 1.82) is 0 Å². The molecule has 7 nitrogen and oxygen atoms in total. The Bertz CT molecular complexity index is 1170. The van der Waals surface area contributed by atoms with Crippen LogP contribution in [0.3, 0.4) is 0 Å². The van der Waals surface area contributed by atoms with E-state index in [1.54, 1.807) is 29.8 Å². The van der Waals surface area contributed by atoms with Crippen molar-refractivity contribution in [2.24, 2.45) is 4.99 Å². The number of hydrogen-bond donors (Lipinski definition) is 1. The Morgan fingerprint density at radius 3 is 2.79 bits per heavy atom. The highest BCUT2D eigenvalue weighted by Crippen LogP contribution is 2.24. The van der Waals surface area contributed by atoms with Gasteiger partial charge in [0.05, 0.1) is 9.88 Å². The molecule has 0 aromatic carbocycles. The van der Waals surface area contributed by atoms with Crippen molar-refractivity contribution < 1.29 is 4.79 Å². The van der Waals surface area contributed by atoms with Crippen LogP contribution in [0, 0.1) is 6.92 Å². The summed E-state index contributed by atoms with van der Waals surface area (Å²) in [6.07, 6.45) is 13.8. The monoisotopic (exact) mass is 460 g/mol. The Morgan fingerprint density at radius 1 is 1.33 bits per heavy atom. The summed E-state index contributed by atoms with van der Waals surface area (Å²) in [4.78, 5) is 31.3. The van der Waals surface area contributed by atoms with E-state index in [0.717, 1.165) is 39.9 Å². The van der Waals surface area contributed by atoms with Gasteiger partial charge in [0.15, 0.2) is 0 Å². The fourth-order valence-corrected chi connectivity index (χ4v) is 4.30. The van der Waals surface area contributed by atoms with Crippen molar-refractivity contribution in [2.75, 3.05) is 32.1 Å². The number of nitrogens with one attached hydrogen (secondary N) is 1. The Morgan fingerprint density at radius 2 is 2.15 bits per heavy atom. The second-order valence-corrected chi connectivity index (χ2v) is 9.48. The molecule has 1 saturated heterocycles. The molecule has 33 heavy (non-hydrogen) atoms. The molecule has 1 fully saturated rings. The van der Waals surface area contributed by atoms with Crippen molar-refractivity contribution in [3.63, 3.8) is 0 Å². The number of rotatable bonds is 7. The maximum atomic E-state index is 12.7. The number of anilines is 1. The first-order valence-electron chi connectivity index (χ1n) is 10.8. The molecule has 4 rings (SSSR count). The number of nitrogens with zero attached hydrogens (tertiary/aromatic N) is 5. The fourth-order valence-electron chi connectivity index (χ4n) is 3.50. The minimum atomic E-state index is -0.187. The van der Waals surface area contributed by atoms with Crippen LogP contribution in [-0.2, 0) is 0 Å². The molecule has 1 amide bonds. The minimum absolute atomic E-state index is 0.187. The summed E-state index contributed by atoms with van der Waals surface area (Å²) in [6, 6.07) is 4.09. The summed E-state index contributed by atoms with van der Waals surface area (Å²) < 4.78 is 0. The molecule has 8 heteroatoms. The van der Waals surface area contributed by atoms with E-state index < -0.39 is 0 Å². The van der Waals surface area contributed by atoms with Crippen molar-refractivity contribution in [2.45, 2.75) is 19.4 Å². The Balaban J connectivity index is 1.35. The lowest BCUT2D eigenvalue weighted by atomic mass is 10.1. The summed E-state index contributed by atoms with van der Waals surface area (Å²) in [5.41, 5.74) is 2.65. The number of carbonyl (C=O) groups excluding carboxylic acids is 1. The zero-order valence-corrected chi connectivity index (χ0v) is 20.0. The summed E-state index contributed by atoms with van der Waals surface area (Å²) in [5, 5.41) is 3.92. The fraction of sp³-hybridized carbons (Fsp3) is 0.280. The van der Waals surface area contributed by atoms with E-state index in [0.29, 0.717) is 23.8 Å². The summed E-state index contributed by atoms with van der Waals surface area (Å²) in [6.45, 7) is 7.72. The van der Waals surface area contributed by atoms with Crippen molar-refractivity contribution in [1.82, 2.24) is 20.2 Å². The molecule has 0 unspecified atom stereocenters. The summed E-state index contributed by atoms with van der Waals surface area (Å²) in [7, 11) is 4.16. The van der Waals surface area contributed by atoms with Crippen LogP contribution in [-0.4, -0.2) is 60.2 Å². The van der Waals surface area contributed by atoms with Gasteiger partial charge in [0.2, 0.25) is 0 Å². The average molecular weight is 461 g/mol. The number of aromatic nitrogens is 2. The number of pyridine rings is 1. The predicted molar refractivity (Wildman–Crippen MR) is 136 cm³/mol. The molecular formula is C25H28N6OS. The third kappa shape index (κ3) is 5.53. The number of likely N-dealkylation sites (N-methyl/N-ethyl adjacent to an activating group) is 1. The third-order valence-corrected chi connectivity index (χ3v) is 6.63. The number of thiazole rings is 1. The van der Waals surface area contributed by atoms with Gasteiger partial charge in [0.25, 0.3) is 5.91 Å². The van der Waals surface area contributed by atoms with E-state index in [2.05, 4.69) is 50.8 Å². The maximum Gasteiger partial charge on any atom is 0.256 e. The quantitative estimate of drug-likeness (QED) is 0.636. The van der Waals surface area contributed by atoms with E-state index in [1.807, 2.05) is 43.5 Å². The largest absolute Gasteiger partial charge is 0.353 e. The molecule has 2 aliphatic heterocycles. The van der Waals surface area contributed by atoms with E-state index in [9.17, 15) is 4.79 Å². The standard InChI is InChI=1S/C25H28N6OS/c1-5-19(22-14-27-17(2)33-22)8-6-18-7-9-23(28-13-18)29-25(32)20-10-11-26-24(12-20)31-15-21(16-31)30(3)4/h5-6,8-14,21H,1,7,15-16H2,2-4H3,(H,29,32)/b18-6+,19-8+. The SMILES string of the molecule is C=C/C(=C\C=C1\C=NC(NC(=O)c2ccnc(N3CC(N(C)C)C3)c2)=CC1)c1cnc(C)s1. The third-order valence-electron chi connectivity index (χ3n) is 5.67. The number of amides is 1. The zero-order chi connectivity index (χ0) is 23.4. The predicted octanol–water partition coefficient (Wildman–Crippen LogP) is 3.84. The van der Waals surface area contributed by atoms with Gasteiger partial charge in [-0.05, 0) is 56.8 Å². The normalized spacial score (nSPS) is 17.8. The smallest absolute Gasteiger partial charge is 0.256 e. The van der Waals surface area contributed by atoms with E-state index >= 15 is 0 Å². The van der Waals surface area contributed by atoms with Gasteiger partial charge in [-0.2, -0.15) is 0 Å². The van der Waals surface area contributed by atoms with Crippen molar-refractivity contribution >= 4 is 34.8 Å². The van der Waals surface area contributed by atoms with Gasteiger partial charge in [-0.25, -0.2) is 15.0 Å². The number of aliphatic imine (C=N–C) groups is 1. The lowest BCUT2D eigenvalue weighted by molar-refractivity contribution is 0.0965. The minimum Gasteiger partial charge on any atom is -0.353 e. The zero-order valence-electron chi connectivity index (χ0n) is 19.2. The molecule has 0 atom stereocenters. The van der Waals surface area contributed by atoms with Crippen LogP contribution in [0.5, 0.6) is 0 Å². The van der Waals surface area contributed by atoms with Crippen LogP contribution in [0.25, 0.3) is 5.57 Å². The first-order valence-corrected chi connectivity index (χ1v) is 11.6. The molecule has 2 aromatic rings. The van der Waals surface area contributed by atoms with Crippen LogP contribution < -0.4 is 10.2 Å². The van der Waals surface area contributed by atoms with Gasteiger partial charge in [-0.3, -0.25) is 4.79 Å². The molecule has 4 heterocycles. The highest BCUT2D eigenvalue weighted by Gasteiger charge is 2.29. The molecule has 170 valence electrons. The van der Waals surface area contributed by atoms with E-state index in [1.165, 1.54) is 0 Å². The summed E-state index contributed by atoms with van der Waals surface area (Å²) >= 11 is 1.64. The maximum absolute atomic E-state index is 12.7. The number of carbonyl (C=O) groups is 1. The van der Waals surface area contributed by atoms with Crippen LogP contribution in [0.1, 0.15) is 26.7 Å². The molecule has 0 spiro atoms. The van der Waals surface area contributed by atoms with Gasteiger partial charge in [-0.15, -0.1) is 11.3 Å². The van der Waals surface area contributed by atoms with Crippen LogP contribution >= 0.6 is 11.3 Å². The molecule has 0 aliphatic carbocycles. The van der Waals surface area contributed by atoms with E-state index in [4.69, 9.17) is 0 Å². The molecule has 0 radical (unpaired) electrons. The number of hydrogen-bond acceptors (Lipinski definition) is 7. The first kappa shape index (κ1) is 22.8. The van der Waals surface area contributed by atoms with Crippen LogP contribution in [0.15, 0.2) is 71.8 Å². The highest BCUT2D eigenvalue weighted by atomic mass is 32.1. The first-order chi connectivity index (χ1) is 15.9. The lowest BCUT2D eigenvalue weighted by Gasteiger charge is -2.43. The van der Waals surface area contributed by atoms with Crippen molar-refractivity contribution in [3.8, 4) is 0 Å². The molecule has 2 aromatic heterocycles. The molecule has 0 saturated carbocycles. The topological polar surface area (TPSA) is 73.7 Å². The highest BCUT2D eigenvalue weighted by molar-refractivity contribution is 7.12. The Labute approximate surface area is 198 Å². The van der Waals surface area contributed by atoms with Gasteiger partial charge in [0.1, 0.15) is 11.6 Å². The average Bonchev–Trinajstić information content (AvgIpc) is 3.20. The Hall–Kier alpha value is -3.36. The second-order valence-electron chi connectivity index (χ2n) is 8.24. The van der Waals surface area contributed by atoms with Gasteiger partial charge in [-0.1, -0.05) is 24.8 Å². The number of allylic oxidation sites excluding steroid dienone is 6. The van der Waals surface area contributed by atoms with Gasteiger partial charge >= 0.3 is 0 Å². The molecule has 0 bridgehead atoms. The molecular weight excluding hydrogens is 432 g/mol. The second kappa shape index (κ2) is 10.1. The molecule has 2 aliphatic rings. The van der Waals surface area contributed by atoms with Gasteiger partial charge in [0, 0.05) is 43.3 Å². The Kier molecular flexibility index (Phi) is 6.96. The summed E-state index contributed by atoms with van der Waals surface area (Å²) in [5.74, 6) is 1.19. The number of aryl methyl sites for hydroxylation is 1. The van der Waals surface area contributed by atoms with Crippen molar-refractivity contribution in [3.05, 3.63) is 82.3 Å². The van der Waals surface area contributed by atoms with Gasteiger partial charge < -0.3 is 15.1 Å². The van der Waals surface area contributed by atoms with Crippen LogP contribution in [0.2, 0.25) is 0 Å². The van der Waals surface area contributed by atoms with E-state index in [-0.39, 0.29) is 5.91 Å².